The van der Waals surface area contributed by atoms with Gasteiger partial charge in [-0.05, 0) is 25.8 Å². The molecule has 0 bridgehead atoms. The van der Waals surface area contributed by atoms with Crippen LogP contribution in [0.15, 0.2) is 28.6 Å². The fourth-order valence-electron chi connectivity index (χ4n) is 2.12. The average molecular weight is 348 g/mol. The molecule has 0 spiro atoms. The van der Waals surface area contributed by atoms with Crippen LogP contribution in [0.25, 0.3) is 0 Å². The minimum Gasteiger partial charge on any atom is -0.369 e. The number of nitrogens with two attached hydrogens (primary N) is 1. The summed E-state index contributed by atoms with van der Waals surface area (Å²) in [5.41, 5.74) is 7.97. The summed E-state index contributed by atoms with van der Waals surface area (Å²) in [7, 11) is 0. The highest BCUT2D eigenvalue weighted by Crippen LogP contribution is 2.31. The molecule has 23 heavy (non-hydrogen) atoms. The van der Waals surface area contributed by atoms with E-state index in [1.54, 1.807) is 0 Å². The lowest BCUT2D eigenvalue weighted by atomic mass is 10.1. The van der Waals surface area contributed by atoms with Crippen LogP contribution in [0.1, 0.15) is 40.3 Å². The van der Waals surface area contributed by atoms with E-state index >= 15 is 0 Å². The largest absolute Gasteiger partial charge is 0.369 e. The third kappa shape index (κ3) is 4.65. The Morgan fingerprint density at radius 2 is 1.96 bits per heavy atom. The van der Waals surface area contributed by atoms with Gasteiger partial charge in [0.05, 0.1) is 17.4 Å². The minimum absolute atomic E-state index is 0.0851. The number of thioether (sulfide) groups is 1. The highest BCUT2D eigenvalue weighted by atomic mass is 32.2. The Morgan fingerprint density at radius 1 is 1.30 bits per heavy atom. The van der Waals surface area contributed by atoms with Crippen LogP contribution in [0, 0.1) is 6.92 Å². The summed E-state index contributed by atoms with van der Waals surface area (Å²) >= 11 is 2.86. The molecule has 0 radical (unpaired) electrons. The number of nitrogens with zero attached hydrogens (tertiary/aromatic N) is 1. The first-order valence-corrected chi connectivity index (χ1v) is 9.14. The highest BCUT2D eigenvalue weighted by molar-refractivity contribution is 8.02. The van der Waals surface area contributed by atoms with Gasteiger partial charge in [-0.15, -0.1) is 11.3 Å². The molecular weight excluding hydrogens is 328 g/mol. The number of aryl methyl sites for hydroxylation is 2. The molecule has 122 valence electrons. The molecule has 0 aliphatic heterocycles. The Kier molecular flexibility index (Phi) is 5.96. The number of benzene rings is 1. The van der Waals surface area contributed by atoms with Crippen LogP contribution in [0.5, 0.6) is 0 Å². The molecule has 1 unspecified atom stereocenters. The number of carbonyl (C=O) groups is 2. The van der Waals surface area contributed by atoms with E-state index < -0.39 is 0 Å². The van der Waals surface area contributed by atoms with Crippen LogP contribution in [0.4, 0.5) is 0 Å². The molecule has 2 rings (SSSR count). The average Bonchev–Trinajstić information content (AvgIpc) is 2.85. The van der Waals surface area contributed by atoms with Gasteiger partial charge in [0.15, 0.2) is 10.1 Å². The van der Waals surface area contributed by atoms with Gasteiger partial charge in [-0.3, -0.25) is 9.59 Å². The zero-order valence-corrected chi connectivity index (χ0v) is 15.1. The van der Waals surface area contributed by atoms with E-state index in [0.29, 0.717) is 5.56 Å². The highest BCUT2D eigenvalue weighted by Gasteiger charge is 2.19. The summed E-state index contributed by atoms with van der Waals surface area (Å²) in [6, 6.07) is 7.74. The van der Waals surface area contributed by atoms with Crippen molar-refractivity contribution in [2.45, 2.75) is 43.2 Å². The Balaban J connectivity index is 2.07. The minimum atomic E-state index is -0.367. The molecule has 0 saturated carbocycles. The van der Waals surface area contributed by atoms with Gasteiger partial charge in [0.2, 0.25) is 5.91 Å². The fourth-order valence-corrected chi connectivity index (χ4v) is 4.58. The number of ketones is 1. The lowest BCUT2D eigenvalue weighted by molar-refractivity contribution is -0.117. The number of thiazole rings is 1. The predicted octanol–water partition coefficient (Wildman–Crippen LogP) is 3.41. The van der Waals surface area contributed by atoms with Gasteiger partial charge in [-0.2, -0.15) is 0 Å². The molecule has 1 amide bonds. The quantitative estimate of drug-likeness (QED) is 0.615. The van der Waals surface area contributed by atoms with Gasteiger partial charge >= 0.3 is 0 Å². The van der Waals surface area contributed by atoms with Crippen LogP contribution >= 0.6 is 23.1 Å². The second-order valence-electron chi connectivity index (χ2n) is 5.31. The van der Waals surface area contributed by atoms with Crippen LogP contribution in [0.3, 0.4) is 0 Å². The van der Waals surface area contributed by atoms with Crippen molar-refractivity contribution in [1.82, 2.24) is 4.98 Å². The number of Topliss-reactive ketones (excluding diaryl/α,β-unsaturated/α-hetero) is 1. The Hall–Kier alpha value is -1.66. The third-order valence-electron chi connectivity index (χ3n) is 3.50. The SMILES string of the molecule is CCc1ccc(C(=O)C(C)Sc2nc(C)c(CC(N)=O)s2)cc1. The fraction of sp³-hybridized carbons (Fsp3) is 0.353. The Bertz CT molecular complexity index is 708. The van der Waals surface area contributed by atoms with E-state index in [1.807, 2.05) is 38.1 Å². The topological polar surface area (TPSA) is 73.1 Å². The zero-order valence-electron chi connectivity index (χ0n) is 13.5. The Labute approximate surface area is 144 Å². The molecule has 1 aromatic heterocycles. The molecule has 1 heterocycles. The van der Waals surface area contributed by atoms with Crippen LogP contribution in [-0.4, -0.2) is 21.9 Å². The van der Waals surface area contributed by atoms with Gasteiger partial charge in [-0.1, -0.05) is 43.0 Å². The second kappa shape index (κ2) is 7.75. The van der Waals surface area contributed by atoms with Crippen LogP contribution in [0.2, 0.25) is 0 Å². The van der Waals surface area contributed by atoms with Crippen LogP contribution in [-0.2, 0) is 17.6 Å². The number of carbonyl (C=O) groups excluding carboxylic acids is 2. The lowest BCUT2D eigenvalue weighted by Crippen LogP contribution is -2.13. The number of hydrogen-bond donors (Lipinski definition) is 1. The molecule has 0 aliphatic carbocycles. The molecule has 1 atom stereocenters. The van der Waals surface area contributed by atoms with Gasteiger partial charge in [0.1, 0.15) is 0 Å². The van der Waals surface area contributed by atoms with Crippen molar-refractivity contribution in [2.75, 3.05) is 0 Å². The third-order valence-corrected chi connectivity index (χ3v) is 5.85. The summed E-state index contributed by atoms with van der Waals surface area (Å²) in [6.07, 6.45) is 1.16. The number of primary amides is 1. The van der Waals surface area contributed by atoms with E-state index in [9.17, 15) is 9.59 Å². The molecule has 2 N–H and O–H groups in total. The normalized spacial score (nSPS) is 12.1. The molecule has 2 aromatic rings. The van der Waals surface area contributed by atoms with Gasteiger partial charge < -0.3 is 5.73 Å². The first-order valence-electron chi connectivity index (χ1n) is 7.45. The predicted molar refractivity (Wildman–Crippen MR) is 95.2 cm³/mol. The van der Waals surface area contributed by atoms with E-state index in [2.05, 4.69) is 11.9 Å². The Morgan fingerprint density at radius 3 is 2.52 bits per heavy atom. The number of rotatable bonds is 7. The maximum atomic E-state index is 12.5. The van der Waals surface area contributed by atoms with Crippen molar-refractivity contribution in [3.05, 3.63) is 46.0 Å². The summed E-state index contributed by atoms with van der Waals surface area (Å²) in [5, 5.41) is -0.227. The molecule has 4 nitrogen and oxygen atoms in total. The smallest absolute Gasteiger partial charge is 0.222 e. The molecule has 0 fully saturated rings. The maximum absolute atomic E-state index is 12.5. The first-order chi connectivity index (χ1) is 10.9. The van der Waals surface area contributed by atoms with Gasteiger partial charge in [0.25, 0.3) is 0 Å². The van der Waals surface area contributed by atoms with Crippen molar-refractivity contribution < 1.29 is 9.59 Å². The van der Waals surface area contributed by atoms with E-state index in [0.717, 1.165) is 21.3 Å². The zero-order chi connectivity index (χ0) is 17.0. The van der Waals surface area contributed by atoms with Crippen LogP contribution < -0.4 is 5.73 Å². The molecule has 1 aromatic carbocycles. The van der Waals surface area contributed by atoms with E-state index in [1.165, 1.54) is 28.7 Å². The first kappa shape index (κ1) is 17.7. The molecular formula is C17H20N2O2S2. The number of hydrogen-bond acceptors (Lipinski definition) is 5. The van der Waals surface area contributed by atoms with E-state index in [-0.39, 0.29) is 23.4 Å². The molecule has 0 saturated heterocycles. The number of aromatic nitrogens is 1. The summed E-state index contributed by atoms with van der Waals surface area (Å²) in [4.78, 5) is 28.8. The standard InChI is InChI=1S/C17H20N2O2S2/c1-4-12-5-7-13(8-6-12)16(21)11(3)22-17-19-10(2)14(23-17)9-15(18)20/h5-8,11H,4,9H2,1-3H3,(H2,18,20). The molecule has 6 heteroatoms. The monoisotopic (exact) mass is 348 g/mol. The van der Waals surface area contributed by atoms with Crippen molar-refractivity contribution in [3.63, 3.8) is 0 Å². The van der Waals surface area contributed by atoms with Crippen molar-refractivity contribution in [2.24, 2.45) is 5.73 Å². The summed E-state index contributed by atoms with van der Waals surface area (Å²) < 4.78 is 0.796. The maximum Gasteiger partial charge on any atom is 0.222 e. The second-order valence-corrected chi connectivity index (χ2v) is 7.98. The van der Waals surface area contributed by atoms with Gasteiger partial charge in [0, 0.05) is 10.4 Å². The lowest BCUT2D eigenvalue weighted by Gasteiger charge is -2.08. The van der Waals surface area contributed by atoms with Gasteiger partial charge in [-0.25, -0.2) is 4.98 Å². The van der Waals surface area contributed by atoms with Crippen molar-refractivity contribution in [3.8, 4) is 0 Å². The summed E-state index contributed by atoms with van der Waals surface area (Å²) in [6.45, 7) is 5.82. The van der Waals surface area contributed by atoms with E-state index in [4.69, 9.17) is 5.73 Å². The van der Waals surface area contributed by atoms with Crippen molar-refractivity contribution in [1.29, 1.82) is 0 Å². The number of amides is 1. The molecule has 0 aliphatic rings. The summed E-state index contributed by atoms with van der Waals surface area (Å²) in [5.74, 6) is -0.282. The van der Waals surface area contributed by atoms with Crippen molar-refractivity contribution >= 4 is 34.8 Å².